The highest BCUT2D eigenvalue weighted by Gasteiger charge is 2.39. The van der Waals surface area contributed by atoms with Gasteiger partial charge in [-0.1, -0.05) is 0 Å². The van der Waals surface area contributed by atoms with Gasteiger partial charge in [-0.3, -0.25) is 0 Å². The Hall–Kier alpha value is -0.240. The summed E-state index contributed by atoms with van der Waals surface area (Å²) in [6.07, 6.45) is -3.39. The maximum absolute atomic E-state index is 9.58. The monoisotopic (exact) mass is 208 g/mol. The van der Waals surface area contributed by atoms with Gasteiger partial charge in [-0.15, -0.1) is 0 Å². The van der Waals surface area contributed by atoms with Crippen molar-refractivity contribution in [2.45, 2.75) is 24.6 Å². The molecule has 14 heavy (non-hydrogen) atoms. The topological polar surface area (TPSA) is 77.4 Å². The summed E-state index contributed by atoms with van der Waals surface area (Å²) in [6, 6.07) is 0. The Balaban J connectivity index is 2.52. The van der Waals surface area contributed by atoms with E-state index in [1.54, 1.807) is 0 Å². The van der Waals surface area contributed by atoms with Crippen molar-refractivity contribution in [3.05, 3.63) is 0 Å². The fraction of sp³-hybridized carbons (Fsp3) is 1.00. The Bertz CT molecular complexity index is 162. The molecular weight excluding hydrogens is 192 g/mol. The van der Waals surface area contributed by atoms with E-state index in [1.165, 1.54) is 14.2 Å². The SMILES string of the molecule is COCO[C@H]1[C@@H](OC)OC[C@@H](O)[C@@H]1O. The summed E-state index contributed by atoms with van der Waals surface area (Å²) in [4.78, 5) is 0. The molecule has 1 aliphatic heterocycles. The molecule has 0 aromatic heterocycles. The highest BCUT2D eigenvalue weighted by atomic mass is 16.7. The van der Waals surface area contributed by atoms with Crippen molar-refractivity contribution in [3.63, 3.8) is 0 Å². The summed E-state index contributed by atoms with van der Waals surface area (Å²) < 4.78 is 19.9. The average Bonchev–Trinajstić information content (AvgIpc) is 2.20. The lowest BCUT2D eigenvalue weighted by molar-refractivity contribution is -0.286. The standard InChI is InChI=1S/C8H16O6/c1-11-4-14-7-6(10)5(9)3-13-8(7)12-2/h5-10H,3-4H2,1-2H3/t5-,6+,7-,8+/m1/s1. The molecule has 0 aromatic rings. The average molecular weight is 208 g/mol. The summed E-state index contributed by atoms with van der Waals surface area (Å²) in [6.45, 7) is 0.0458. The van der Waals surface area contributed by atoms with Gasteiger partial charge in [0.1, 0.15) is 25.1 Å². The Morgan fingerprint density at radius 2 is 2.07 bits per heavy atom. The van der Waals surface area contributed by atoms with Crippen LogP contribution in [0.25, 0.3) is 0 Å². The molecule has 0 aromatic carbocycles. The number of ether oxygens (including phenoxy) is 4. The molecule has 0 saturated carbocycles. The molecule has 0 amide bonds. The molecule has 2 N–H and O–H groups in total. The fourth-order valence-electron chi connectivity index (χ4n) is 1.29. The van der Waals surface area contributed by atoms with Crippen LogP contribution in [0.1, 0.15) is 0 Å². The van der Waals surface area contributed by atoms with E-state index in [0.29, 0.717) is 0 Å². The van der Waals surface area contributed by atoms with E-state index in [-0.39, 0.29) is 13.4 Å². The van der Waals surface area contributed by atoms with Crippen molar-refractivity contribution in [1.29, 1.82) is 0 Å². The number of rotatable bonds is 4. The maximum atomic E-state index is 9.58. The first-order chi connectivity index (χ1) is 6.70. The van der Waals surface area contributed by atoms with Crippen LogP contribution in [-0.2, 0) is 18.9 Å². The van der Waals surface area contributed by atoms with Gasteiger partial charge in [0, 0.05) is 14.2 Å². The van der Waals surface area contributed by atoms with Crippen molar-refractivity contribution < 1.29 is 29.2 Å². The molecule has 0 unspecified atom stereocenters. The molecule has 6 heteroatoms. The van der Waals surface area contributed by atoms with Gasteiger partial charge in [-0.25, -0.2) is 0 Å². The van der Waals surface area contributed by atoms with Gasteiger partial charge in [0.25, 0.3) is 0 Å². The first-order valence-corrected chi connectivity index (χ1v) is 4.31. The van der Waals surface area contributed by atoms with E-state index in [2.05, 4.69) is 0 Å². The number of aliphatic hydroxyl groups excluding tert-OH is 2. The maximum Gasteiger partial charge on any atom is 0.186 e. The fourth-order valence-corrected chi connectivity index (χ4v) is 1.29. The highest BCUT2D eigenvalue weighted by Crippen LogP contribution is 2.19. The number of methoxy groups -OCH3 is 2. The third-order valence-corrected chi connectivity index (χ3v) is 2.04. The zero-order valence-electron chi connectivity index (χ0n) is 8.25. The summed E-state index contributed by atoms with van der Waals surface area (Å²) in [7, 11) is 2.91. The molecule has 0 aliphatic carbocycles. The molecule has 1 rings (SSSR count). The van der Waals surface area contributed by atoms with Crippen molar-refractivity contribution in [1.82, 2.24) is 0 Å². The minimum absolute atomic E-state index is 0.0116. The Kier molecular flexibility index (Phi) is 4.73. The van der Waals surface area contributed by atoms with Crippen LogP contribution in [0.5, 0.6) is 0 Å². The van der Waals surface area contributed by atoms with E-state index in [9.17, 15) is 10.2 Å². The zero-order chi connectivity index (χ0) is 10.6. The van der Waals surface area contributed by atoms with Crippen molar-refractivity contribution >= 4 is 0 Å². The molecule has 0 bridgehead atoms. The first-order valence-electron chi connectivity index (χ1n) is 4.31. The Labute approximate surface area is 82.3 Å². The summed E-state index contributed by atoms with van der Waals surface area (Å²) in [5.41, 5.74) is 0. The van der Waals surface area contributed by atoms with Crippen molar-refractivity contribution in [3.8, 4) is 0 Å². The van der Waals surface area contributed by atoms with Crippen LogP contribution in [0.2, 0.25) is 0 Å². The number of hydrogen-bond donors (Lipinski definition) is 2. The molecule has 1 aliphatic rings. The molecule has 0 radical (unpaired) electrons. The second-order valence-electron chi connectivity index (χ2n) is 3.03. The van der Waals surface area contributed by atoms with Gasteiger partial charge in [0.15, 0.2) is 6.29 Å². The van der Waals surface area contributed by atoms with Crippen molar-refractivity contribution in [2.24, 2.45) is 0 Å². The number of hydrogen-bond acceptors (Lipinski definition) is 6. The van der Waals surface area contributed by atoms with Gasteiger partial charge in [0.05, 0.1) is 6.61 Å². The molecule has 6 nitrogen and oxygen atoms in total. The third-order valence-electron chi connectivity index (χ3n) is 2.04. The molecule has 1 fully saturated rings. The second-order valence-corrected chi connectivity index (χ2v) is 3.03. The molecule has 1 heterocycles. The lowest BCUT2D eigenvalue weighted by atomic mass is 10.1. The third kappa shape index (κ3) is 2.63. The summed E-state index contributed by atoms with van der Waals surface area (Å²) in [5, 5.41) is 18.9. The minimum Gasteiger partial charge on any atom is -0.388 e. The van der Waals surface area contributed by atoms with Gasteiger partial charge in [0.2, 0.25) is 0 Å². The Morgan fingerprint density at radius 1 is 1.36 bits per heavy atom. The molecular formula is C8H16O6. The molecule has 4 atom stereocenters. The lowest BCUT2D eigenvalue weighted by Crippen LogP contribution is -2.54. The van der Waals surface area contributed by atoms with Gasteiger partial charge in [-0.2, -0.15) is 0 Å². The normalized spacial score (nSPS) is 38.6. The smallest absolute Gasteiger partial charge is 0.186 e. The Morgan fingerprint density at radius 3 is 2.64 bits per heavy atom. The van der Waals surface area contributed by atoms with Crippen LogP contribution >= 0.6 is 0 Å². The van der Waals surface area contributed by atoms with E-state index < -0.39 is 24.6 Å². The predicted molar refractivity (Wildman–Crippen MR) is 45.5 cm³/mol. The van der Waals surface area contributed by atoms with Crippen molar-refractivity contribution in [2.75, 3.05) is 27.6 Å². The predicted octanol–water partition coefficient (Wildman–Crippen LogP) is -1.30. The second kappa shape index (κ2) is 5.59. The van der Waals surface area contributed by atoms with Crippen LogP contribution in [0.3, 0.4) is 0 Å². The van der Waals surface area contributed by atoms with Crippen LogP contribution in [-0.4, -0.2) is 62.4 Å². The molecule has 1 saturated heterocycles. The van der Waals surface area contributed by atoms with E-state index in [0.717, 1.165) is 0 Å². The first kappa shape index (κ1) is 11.8. The minimum atomic E-state index is -1.02. The van der Waals surface area contributed by atoms with Crippen LogP contribution < -0.4 is 0 Å². The highest BCUT2D eigenvalue weighted by molar-refractivity contribution is 4.83. The van der Waals surface area contributed by atoms with Gasteiger partial charge < -0.3 is 29.2 Å². The van der Waals surface area contributed by atoms with Crippen LogP contribution in [0.15, 0.2) is 0 Å². The van der Waals surface area contributed by atoms with Crippen LogP contribution in [0.4, 0.5) is 0 Å². The van der Waals surface area contributed by atoms with Crippen LogP contribution in [0, 0.1) is 0 Å². The summed E-state index contributed by atoms with van der Waals surface area (Å²) >= 11 is 0. The van der Waals surface area contributed by atoms with E-state index >= 15 is 0 Å². The van der Waals surface area contributed by atoms with Gasteiger partial charge >= 0.3 is 0 Å². The molecule has 0 spiro atoms. The lowest BCUT2D eigenvalue weighted by Gasteiger charge is -2.36. The van der Waals surface area contributed by atoms with E-state index in [4.69, 9.17) is 18.9 Å². The number of aliphatic hydroxyl groups is 2. The quantitative estimate of drug-likeness (QED) is 0.559. The zero-order valence-corrected chi connectivity index (χ0v) is 8.25. The summed E-state index contributed by atoms with van der Waals surface area (Å²) in [5.74, 6) is 0. The van der Waals surface area contributed by atoms with Gasteiger partial charge in [-0.05, 0) is 0 Å². The van der Waals surface area contributed by atoms with E-state index in [1.807, 2.05) is 0 Å². The molecule has 84 valence electrons. The largest absolute Gasteiger partial charge is 0.388 e.